The lowest BCUT2D eigenvalue weighted by Gasteiger charge is -2.29. The molecule has 0 unspecified atom stereocenters. The van der Waals surface area contributed by atoms with Crippen molar-refractivity contribution in [1.82, 2.24) is 0 Å². The number of hydrogen-bond donors (Lipinski definition) is 0. The third kappa shape index (κ3) is 4.68. The van der Waals surface area contributed by atoms with Crippen molar-refractivity contribution in [2.75, 3.05) is 0 Å². The molecule has 1 aromatic carbocycles. The number of halogens is 3. The first-order valence-corrected chi connectivity index (χ1v) is 9.89. The molecule has 3 heteroatoms. The summed E-state index contributed by atoms with van der Waals surface area (Å²) in [7, 11) is 0. The van der Waals surface area contributed by atoms with E-state index in [1.807, 2.05) is 0 Å². The van der Waals surface area contributed by atoms with Crippen molar-refractivity contribution < 1.29 is 13.2 Å². The van der Waals surface area contributed by atoms with Gasteiger partial charge in [0.25, 0.3) is 0 Å². The highest BCUT2D eigenvalue weighted by Crippen LogP contribution is 2.38. The van der Waals surface area contributed by atoms with Crippen molar-refractivity contribution in [3.63, 3.8) is 0 Å². The Morgan fingerprint density at radius 2 is 1.28 bits per heavy atom. The van der Waals surface area contributed by atoms with Gasteiger partial charge in [-0.05, 0) is 92.7 Å². The molecule has 0 saturated heterocycles. The Labute approximate surface area is 149 Å². The molecule has 0 heterocycles. The van der Waals surface area contributed by atoms with Crippen LogP contribution < -0.4 is 0 Å². The Hall–Kier alpha value is -1.25. The van der Waals surface area contributed by atoms with E-state index in [1.54, 1.807) is 0 Å². The van der Waals surface area contributed by atoms with Gasteiger partial charge in [-0.25, -0.2) is 13.2 Å². The van der Waals surface area contributed by atoms with Crippen molar-refractivity contribution in [3.8, 4) is 0 Å². The summed E-state index contributed by atoms with van der Waals surface area (Å²) in [6.07, 6.45) is 15.4. The lowest BCUT2D eigenvalue weighted by atomic mass is 9.77. The van der Waals surface area contributed by atoms with Crippen LogP contribution in [0.4, 0.5) is 13.2 Å². The molecule has 0 radical (unpaired) electrons. The first-order chi connectivity index (χ1) is 12.1. The van der Waals surface area contributed by atoms with Gasteiger partial charge in [-0.15, -0.1) is 0 Å². The van der Waals surface area contributed by atoms with Crippen LogP contribution in [-0.4, -0.2) is 0 Å². The van der Waals surface area contributed by atoms with Crippen molar-refractivity contribution in [1.29, 1.82) is 0 Å². The SMILES string of the molecule is CC[C@H]1CC[C@H](/C=C/[C@H]2CC[C@H](c3cc(F)c(F)c(F)c3)CC2)CC1. The Kier molecular flexibility index (Phi) is 6.24. The highest BCUT2D eigenvalue weighted by molar-refractivity contribution is 5.23. The van der Waals surface area contributed by atoms with Crippen LogP contribution in [-0.2, 0) is 0 Å². The molecule has 138 valence electrons. The van der Waals surface area contributed by atoms with E-state index < -0.39 is 17.5 Å². The minimum Gasteiger partial charge on any atom is -0.204 e. The predicted octanol–water partition coefficient (Wildman–Crippen LogP) is 7.15. The molecule has 0 nitrogen and oxygen atoms in total. The summed E-state index contributed by atoms with van der Waals surface area (Å²) in [5.74, 6) is -1.11. The largest absolute Gasteiger partial charge is 0.204 e. The summed E-state index contributed by atoms with van der Waals surface area (Å²) in [5.41, 5.74) is 0.608. The highest BCUT2D eigenvalue weighted by Gasteiger charge is 2.24. The molecule has 0 amide bonds. The van der Waals surface area contributed by atoms with E-state index in [0.717, 1.165) is 37.5 Å². The second kappa shape index (κ2) is 8.42. The molecule has 25 heavy (non-hydrogen) atoms. The van der Waals surface area contributed by atoms with E-state index >= 15 is 0 Å². The molecule has 2 aliphatic carbocycles. The fourth-order valence-corrected chi connectivity index (χ4v) is 4.56. The number of benzene rings is 1. The average Bonchev–Trinajstić information content (AvgIpc) is 2.65. The zero-order valence-electron chi connectivity index (χ0n) is 15.1. The summed E-state index contributed by atoms with van der Waals surface area (Å²) in [4.78, 5) is 0. The Balaban J connectivity index is 1.50. The van der Waals surface area contributed by atoms with Crippen molar-refractivity contribution >= 4 is 0 Å². The van der Waals surface area contributed by atoms with E-state index in [2.05, 4.69) is 19.1 Å². The van der Waals surface area contributed by atoms with Crippen LogP contribution in [0, 0.1) is 35.2 Å². The first-order valence-electron chi connectivity index (χ1n) is 9.89. The maximum Gasteiger partial charge on any atom is 0.194 e. The smallest absolute Gasteiger partial charge is 0.194 e. The summed E-state index contributed by atoms with van der Waals surface area (Å²) in [5, 5.41) is 0. The Morgan fingerprint density at radius 1 is 0.800 bits per heavy atom. The monoisotopic (exact) mass is 350 g/mol. The van der Waals surface area contributed by atoms with Crippen LogP contribution in [0.15, 0.2) is 24.3 Å². The van der Waals surface area contributed by atoms with Gasteiger partial charge in [0.15, 0.2) is 17.5 Å². The van der Waals surface area contributed by atoms with Crippen LogP contribution in [0.3, 0.4) is 0 Å². The number of hydrogen-bond acceptors (Lipinski definition) is 0. The van der Waals surface area contributed by atoms with Crippen molar-refractivity contribution in [2.24, 2.45) is 17.8 Å². The third-order valence-electron chi connectivity index (χ3n) is 6.37. The third-order valence-corrected chi connectivity index (χ3v) is 6.37. The molecule has 2 aliphatic rings. The minimum absolute atomic E-state index is 0.147. The van der Waals surface area contributed by atoms with E-state index in [9.17, 15) is 13.2 Å². The standard InChI is InChI=1S/C22H29F3/c1-2-15-3-5-16(6-4-15)7-8-17-9-11-18(12-10-17)19-13-20(23)22(25)21(24)14-19/h7-8,13-18H,2-6,9-12H2,1H3/b8-7+/t15-,16-,17-,18-. The fourth-order valence-electron chi connectivity index (χ4n) is 4.56. The maximum atomic E-state index is 13.4. The second-order valence-corrected chi connectivity index (χ2v) is 7.98. The Bertz CT molecular complexity index is 568. The fraction of sp³-hybridized carbons (Fsp3) is 0.636. The molecule has 2 saturated carbocycles. The van der Waals surface area contributed by atoms with Crippen LogP contribution >= 0.6 is 0 Å². The van der Waals surface area contributed by atoms with E-state index in [0.29, 0.717) is 11.5 Å². The Morgan fingerprint density at radius 3 is 1.76 bits per heavy atom. The van der Waals surface area contributed by atoms with E-state index in [4.69, 9.17) is 0 Å². The predicted molar refractivity (Wildman–Crippen MR) is 95.9 cm³/mol. The van der Waals surface area contributed by atoms with Crippen molar-refractivity contribution in [2.45, 2.75) is 70.6 Å². The summed E-state index contributed by atoms with van der Waals surface area (Å²) < 4.78 is 40.0. The molecule has 0 aromatic heterocycles. The average molecular weight is 350 g/mol. The van der Waals surface area contributed by atoms with Gasteiger partial charge in [-0.1, -0.05) is 25.5 Å². The van der Waals surface area contributed by atoms with Gasteiger partial charge >= 0.3 is 0 Å². The van der Waals surface area contributed by atoms with E-state index in [-0.39, 0.29) is 5.92 Å². The molecule has 0 N–H and O–H groups in total. The lowest BCUT2D eigenvalue weighted by Crippen LogP contribution is -2.14. The van der Waals surface area contributed by atoms with Gasteiger partial charge in [0.2, 0.25) is 0 Å². The first kappa shape index (κ1) is 18.5. The zero-order valence-corrected chi connectivity index (χ0v) is 15.1. The molecule has 3 rings (SSSR count). The molecule has 0 aliphatic heterocycles. The zero-order chi connectivity index (χ0) is 17.8. The number of allylic oxidation sites excluding steroid dienone is 2. The molecule has 0 bridgehead atoms. The molecular formula is C22H29F3. The van der Waals surface area contributed by atoms with Crippen molar-refractivity contribution in [3.05, 3.63) is 47.3 Å². The molecular weight excluding hydrogens is 321 g/mol. The lowest BCUT2D eigenvalue weighted by molar-refractivity contribution is 0.301. The molecule has 0 atom stereocenters. The molecule has 0 spiro atoms. The normalized spacial score (nSPS) is 30.7. The highest BCUT2D eigenvalue weighted by atomic mass is 19.2. The second-order valence-electron chi connectivity index (χ2n) is 7.98. The molecule has 1 aromatic rings. The van der Waals surface area contributed by atoms with Crippen LogP contribution in [0.5, 0.6) is 0 Å². The molecule has 2 fully saturated rings. The number of rotatable bonds is 4. The van der Waals surface area contributed by atoms with Crippen LogP contribution in [0.25, 0.3) is 0 Å². The van der Waals surface area contributed by atoms with Gasteiger partial charge in [0.05, 0.1) is 0 Å². The van der Waals surface area contributed by atoms with Gasteiger partial charge < -0.3 is 0 Å². The summed E-state index contributed by atoms with van der Waals surface area (Å²) in [6, 6.07) is 2.34. The van der Waals surface area contributed by atoms with E-state index in [1.165, 1.54) is 44.2 Å². The summed E-state index contributed by atoms with van der Waals surface area (Å²) >= 11 is 0. The van der Waals surface area contributed by atoms with Crippen LogP contribution in [0.2, 0.25) is 0 Å². The topological polar surface area (TPSA) is 0 Å². The van der Waals surface area contributed by atoms with Gasteiger partial charge in [0.1, 0.15) is 0 Å². The van der Waals surface area contributed by atoms with Gasteiger partial charge in [-0.3, -0.25) is 0 Å². The van der Waals surface area contributed by atoms with Crippen LogP contribution in [0.1, 0.15) is 76.2 Å². The van der Waals surface area contributed by atoms with Gasteiger partial charge in [-0.2, -0.15) is 0 Å². The minimum atomic E-state index is -1.36. The quantitative estimate of drug-likeness (QED) is 0.399. The summed E-state index contributed by atoms with van der Waals surface area (Å²) in [6.45, 7) is 2.29. The van der Waals surface area contributed by atoms with Gasteiger partial charge in [0, 0.05) is 0 Å². The maximum absolute atomic E-state index is 13.4.